The van der Waals surface area contributed by atoms with Crippen LogP contribution in [0.5, 0.6) is 0 Å². The molecule has 1 aromatic carbocycles. The minimum absolute atomic E-state index is 0.0135. The van der Waals surface area contributed by atoms with Crippen LogP contribution in [0.3, 0.4) is 0 Å². The summed E-state index contributed by atoms with van der Waals surface area (Å²) in [5, 5.41) is 11.9. The van der Waals surface area contributed by atoms with Crippen molar-refractivity contribution in [3.8, 4) is 0 Å². The Kier molecular flexibility index (Phi) is 4.69. The quantitative estimate of drug-likeness (QED) is 0.742. The fourth-order valence-corrected chi connectivity index (χ4v) is 4.22. The molecule has 1 aliphatic rings. The predicted molar refractivity (Wildman–Crippen MR) is 102 cm³/mol. The van der Waals surface area contributed by atoms with Crippen molar-refractivity contribution >= 4 is 39.1 Å². The van der Waals surface area contributed by atoms with Gasteiger partial charge in [0.1, 0.15) is 10.5 Å². The summed E-state index contributed by atoms with van der Waals surface area (Å²) in [6.45, 7) is 1.20. The maximum atomic E-state index is 14.3. The first-order chi connectivity index (χ1) is 12.5. The Hall–Kier alpha value is -1.96. The zero-order chi connectivity index (χ0) is 18.3. The Morgan fingerprint density at radius 3 is 2.81 bits per heavy atom. The summed E-state index contributed by atoms with van der Waals surface area (Å²) in [6, 6.07) is 6.29. The molecular weight excluding hydrogens is 377 g/mol. The monoisotopic (exact) mass is 393 g/mol. The molecule has 8 heteroatoms. The van der Waals surface area contributed by atoms with E-state index in [-0.39, 0.29) is 28.8 Å². The zero-order valence-corrected chi connectivity index (χ0v) is 15.4. The molecule has 1 fully saturated rings. The molecule has 0 saturated carbocycles. The van der Waals surface area contributed by atoms with Crippen molar-refractivity contribution in [1.82, 2.24) is 9.55 Å². The first-order valence-electron chi connectivity index (χ1n) is 8.38. The number of hydrogen-bond donors (Lipinski definition) is 1. The number of nitrogens with zero attached hydrogens (tertiary/aromatic N) is 3. The number of halogens is 2. The van der Waals surface area contributed by atoms with Crippen LogP contribution in [-0.2, 0) is 6.54 Å². The smallest absolute Gasteiger partial charge is 0.273 e. The van der Waals surface area contributed by atoms with Crippen LogP contribution in [0.15, 0.2) is 34.4 Å². The van der Waals surface area contributed by atoms with E-state index in [9.17, 15) is 14.3 Å². The summed E-state index contributed by atoms with van der Waals surface area (Å²) in [4.78, 5) is 19.7. The molecule has 26 heavy (non-hydrogen) atoms. The minimum Gasteiger partial charge on any atom is -0.393 e. The second-order valence-corrected chi connectivity index (χ2v) is 7.68. The summed E-state index contributed by atoms with van der Waals surface area (Å²) in [5.74, 6) is 0.0443. The molecule has 1 aliphatic heterocycles. The molecule has 0 amide bonds. The average Bonchev–Trinajstić information content (AvgIpc) is 3.09. The topological polar surface area (TPSA) is 58.4 Å². The standard InChI is InChI=1S/C18H17ClFN3O2S/c19-13-2-1-3-14(20)12(13)10-23-17(25)16-15(6-9-26-16)21-18(23)22-7-4-11(24)5-8-22/h1-3,6,9,11,24H,4-5,7-8,10H2. The van der Waals surface area contributed by atoms with Crippen molar-refractivity contribution in [2.45, 2.75) is 25.5 Å². The molecule has 136 valence electrons. The van der Waals surface area contributed by atoms with E-state index >= 15 is 0 Å². The van der Waals surface area contributed by atoms with Crippen molar-refractivity contribution < 1.29 is 9.50 Å². The maximum Gasteiger partial charge on any atom is 0.273 e. The van der Waals surface area contributed by atoms with E-state index in [1.54, 1.807) is 6.07 Å². The molecule has 1 N–H and O–H groups in total. The lowest BCUT2D eigenvalue weighted by Gasteiger charge is -2.32. The summed E-state index contributed by atoms with van der Waals surface area (Å²) < 4.78 is 16.3. The molecule has 0 radical (unpaired) electrons. The molecule has 2 aromatic heterocycles. The van der Waals surface area contributed by atoms with Gasteiger partial charge >= 0.3 is 0 Å². The fourth-order valence-electron chi connectivity index (χ4n) is 3.22. The van der Waals surface area contributed by atoms with Crippen LogP contribution >= 0.6 is 22.9 Å². The summed E-state index contributed by atoms with van der Waals surface area (Å²) in [7, 11) is 0. The lowest BCUT2D eigenvalue weighted by atomic mass is 10.1. The molecule has 0 bridgehead atoms. The number of aliphatic hydroxyl groups excluding tert-OH is 1. The van der Waals surface area contributed by atoms with E-state index in [4.69, 9.17) is 11.6 Å². The molecule has 3 aromatic rings. The number of anilines is 1. The number of aromatic nitrogens is 2. The third kappa shape index (κ3) is 3.11. The van der Waals surface area contributed by atoms with Crippen molar-refractivity contribution in [3.63, 3.8) is 0 Å². The van der Waals surface area contributed by atoms with E-state index in [2.05, 4.69) is 4.98 Å². The van der Waals surface area contributed by atoms with Crippen molar-refractivity contribution in [3.05, 3.63) is 56.4 Å². The van der Waals surface area contributed by atoms with Gasteiger partial charge in [0.2, 0.25) is 5.95 Å². The Labute approximate surface area is 158 Å². The van der Waals surface area contributed by atoms with E-state index in [0.717, 1.165) is 0 Å². The molecule has 1 saturated heterocycles. The van der Waals surface area contributed by atoms with Gasteiger partial charge < -0.3 is 10.0 Å². The second-order valence-electron chi connectivity index (χ2n) is 6.36. The third-order valence-corrected chi connectivity index (χ3v) is 5.92. The highest BCUT2D eigenvalue weighted by atomic mass is 35.5. The van der Waals surface area contributed by atoms with E-state index in [0.29, 0.717) is 42.1 Å². The van der Waals surface area contributed by atoms with Crippen LogP contribution in [0.1, 0.15) is 18.4 Å². The van der Waals surface area contributed by atoms with Gasteiger partial charge in [-0.25, -0.2) is 9.37 Å². The lowest BCUT2D eigenvalue weighted by molar-refractivity contribution is 0.145. The normalized spacial score (nSPS) is 15.7. The molecule has 0 atom stereocenters. The van der Waals surface area contributed by atoms with Crippen LogP contribution in [0.4, 0.5) is 10.3 Å². The Morgan fingerprint density at radius 1 is 1.31 bits per heavy atom. The third-order valence-electron chi connectivity index (χ3n) is 4.67. The summed E-state index contributed by atoms with van der Waals surface area (Å²) in [6.07, 6.45) is 0.882. The second kappa shape index (κ2) is 6.98. The SMILES string of the molecule is O=c1c2sccc2nc(N2CCC(O)CC2)n1Cc1c(F)cccc1Cl. The fraction of sp³-hybridized carbons (Fsp3) is 0.333. The zero-order valence-electron chi connectivity index (χ0n) is 13.9. The van der Waals surface area contributed by atoms with Crippen molar-refractivity contribution in [1.29, 1.82) is 0 Å². The van der Waals surface area contributed by atoms with E-state index in [1.165, 1.54) is 28.0 Å². The number of fused-ring (bicyclic) bond motifs is 1. The van der Waals surface area contributed by atoms with Crippen LogP contribution in [-0.4, -0.2) is 33.9 Å². The van der Waals surface area contributed by atoms with Gasteiger partial charge in [-0.2, -0.15) is 0 Å². The van der Waals surface area contributed by atoms with Gasteiger partial charge in [-0.3, -0.25) is 9.36 Å². The highest BCUT2D eigenvalue weighted by molar-refractivity contribution is 7.17. The molecule has 0 unspecified atom stereocenters. The number of thiophene rings is 1. The van der Waals surface area contributed by atoms with Gasteiger partial charge in [0.05, 0.1) is 18.2 Å². The molecule has 3 heterocycles. The van der Waals surface area contributed by atoms with Gasteiger partial charge in [-0.05, 0) is 36.4 Å². The van der Waals surface area contributed by atoms with Gasteiger partial charge in [0, 0.05) is 23.7 Å². The molecule has 5 nitrogen and oxygen atoms in total. The maximum absolute atomic E-state index is 14.3. The Morgan fingerprint density at radius 2 is 2.08 bits per heavy atom. The number of hydrogen-bond acceptors (Lipinski definition) is 5. The molecule has 0 spiro atoms. The largest absolute Gasteiger partial charge is 0.393 e. The summed E-state index contributed by atoms with van der Waals surface area (Å²) >= 11 is 7.49. The number of aliphatic hydroxyl groups is 1. The average molecular weight is 394 g/mol. The first kappa shape index (κ1) is 17.5. The van der Waals surface area contributed by atoms with Crippen LogP contribution < -0.4 is 10.5 Å². The summed E-state index contributed by atoms with van der Waals surface area (Å²) in [5.41, 5.74) is 0.703. The van der Waals surface area contributed by atoms with Crippen molar-refractivity contribution in [2.75, 3.05) is 18.0 Å². The van der Waals surface area contributed by atoms with Gasteiger partial charge in [-0.15, -0.1) is 11.3 Å². The Bertz CT molecular complexity index is 991. The first-order valence-corrected chi connectivity index (χ1v) is 9.64. The van der Waals surface area contributed by atoms with Crippen LogP contribution in [0.2, 0.25) is 5.02 Å². The van der Waals surface area contributed by atoms with Crippen molar-refractivity contribution in [2.24, 2.45) is 0 Å². The minimum atomic E-state index is -0.448. The van der Waals surface area contributed by atoms with Crippen LogP contribution in [0.25, 0.3) is 10.2 Å². The van der Waals surface area contributed by atoms with Gasteiger partial charge in [0.25, 0.3) is 5.56 Å². The van der Waals surface area contributed by atoms with E-state index in [1.807, 2.05) is 16.3 Å². The number of rotatable bonds is 3. The highest BCUT2D eigenvalue weighted by Crippen LogP contribution is 2.25. The molecule has 4 rings (SSSR count). The number of piperidine rings is 1. The van der Waals surface area contributed by atoms with Gasteiger partial charge in [0.15, 0.2) is 0 Å². The lowest BCUT2D eigenvalue weighted by Crippen LogP contribution is -2.40. The molecule has 0 aliphatic carbocycles. The Balaban J connectivity index is 1.85. The van der Waals surface area contributed by atoms with Gasteiger partial charge in [-0.1, -0.05) is 17.7 Å². The van der Waals surface area contributed by atoms with Crippen LogP contribution in [0, 0.1) is 5.82 Å². The van der Waals surface area contributed by atoms with E-state index < -0.39 is 5.82 Å². The highest BCUT2D eigenvalue weighted by Gasteiger charge is 2.23. The predicted octanol–water partition coefficient (Wildman–Crippen LogP) is 3.26. The number of benzene rings is 1. The molecular formula is C18H17ClFN3O2S.